The Morgan fingerprint density at radius 2 is 1.86 bits per heavy atom. The molecule has 0 aromatic heterocycles. The Bertz CT molecular complexity index is 820. The second kappa shape index (κ2) is 17.9. The van der Waals surface area contributed by atoms with E-state index in [4.69, 9.17) is 25.4 Å². The van der Waals surface area contributed by atoms with Crippen LogP contribution >= 0.6 is 11.8 Å². The predicted molar refractivity (Wildman–Crippen MR) is 140 cm³/mol. The van der Waals surface area contributed by atoms with Crippen molar-refractivity contribution in [2.24, 2.45) is 5.92 Å². The first-order chi connectivity index (χ1) is 17.5. The molecule has 1 aliphatic heterocycles. The molecule has 1 aromatic rings. The van der Waals surface area contributed by atoms with Gasteiger partial charge in [0.05, 0.1) is 57.3 Å². The van der Waals surface area contributed by atoms with Crippen LogP contribution in [0.4, 0.5) is 4.79 Å². The van der Waals surface area contributed by atoms with Crippen molar-refractivity contribution in [3.8, 4) is 18.1 Å². The quantitative estimate of drug-likeness (QED) is 0.167. The summed E-state index contributed by atoms with van der Waals surface area (Å²) < 4.78 is 21.3. The van der Waals surface area contributed by atoms with Crippen molar-refractivity contribution in [3.63, 3.8) is 0 Å². The molecule has 0 radical (unpaired) electrons. The summed E-state index contributed by atoms with van der Waals surface area (Å²) >= 11 is 1.43. The zero-order valence-electron chi connectivity index (χ0n) is 21.0. The van der Waals surface area contributed by atoms with E-state index in [1.807, 2.05) is 31.2 Å². The second-order valence-electron chi connectivity index (χ2n) is 8.14. The first kappa shape index (κ1) is 29.7. The van der Waals surface area contributed by atoms with Gasteiger partial charge in [0.25, 0.3) is 0 Å². The Morgan fingerprint density at radius 1 is 1.17 bits per heavy atom. The monoisotopic (exact) mass is 522 g/mol. The highest BCUT2D eigenvalue weighted by Gasteiger charge is 2.26. The molecule has 36 heavy (non-hydrogen) atoms. The Balaban J connectivity index is 1.72. The molecule has 10 nitrogen and oxygen atoms in total. The van der Waals surface area contributed by atoms with E-state index >= 15 is 0 Å². The number of hydrogen-bond acceptors (Lipinski definition) is 8. The van der Waals surface area contributed by atoms with Crippen LogP contribution in [0.2, 0.25) is 0 Å². The summed E-state index contributed by atoms with van der Waals surface area (Å²) in [5, 5.41) is 12.0. The van der Waals surface area contributed by atoms with Crippen LogP contribution in [0, 0.1) is 18.3 Å². The standard InChI is InChI=1S/C25H38N4O6S/c1-4-10-33-12-14-35-15-13-34-11-9-26-17-22(20-5-7-21(32-3)8-6-20)28-23(30)18-36-24-19(2)16-27-25(31)29-24/h1,5-8,19,22,24,26H,9-18H2,2-3H3,(H,28,30)(H2,27,29,31)/t19?,22-,24?/m1/s1. The number of hydrogen-bond donors (Lipinski definition) is 4. The van der Waals surface area contributed by atoms with E-state index in [-0.39, 0.29) is 41.6 Å². The smallest absolute Gasteiger partial charge is 0.315 e. The van der Waals surface area contributed by atoms with Gasteiger partial charge in [-0.1, -0.05) is 25.0 Å². The highest BCUT2D eigenvalue weighted by molar-refractivity contribution is 8.00. The Kier molecular flexibility index (Phi) is 14.8. The van der Waals surface area contributed by atoms with Gasteiger partial charge in [-0.05, 0) is 17.7 Å². The molecule has 200 valence electrons. The first-order valence-electron chi connectivity index (χ1n) is 12.0. The molecule has 3 amide bonds. The van der Waals surface area contributed by atoms with Gasteiger partial charge in [0.2, 0.25) is 5.91 Å². The lowest BCUT2D eigenvalue weighted by Crippen LogP contribution is -2.53. The van der Waals surface area contributed by atoms with Gasteiger partial charge < -0.3 is 40.2 Å². The highest BCUT2D eigenvalue weighted by Crippen LogP contribution is 2.21. The number of methoxy groups -OCH3 is 1. The van der Waals surface area contributed by atoms with E-state index in [1.165, 1.54) is 11.8 Å². The van der Waals surface area contributed by atoms with E-state index in [0.29, 0.717) is 52.7 Å². The van der Waals surface area contributed by atoms with Crippen LogP contribution in [0.25, 0.3) is 0 Å². The fourth-order valence-electron chi connectivity index (χ4n) is 3.34. The topological polar surface area (TPSA) is 119 Å². The fraction of sp³-hybridized carbons (Fsp3) is 0.600. The molecule has 0 spiro atoms. The third kappa shape index (κ3) is 12.0. The number of carbonyl (C=O) groups is 2. The number of terminal acetylenes is 1. The molecule has 11 heteroatoms. The zero-order valence-corrected chi connectivity index (χ0v) is 21.9. The number of amides is 3. The van der Waals surface area contributed by atoms with Crippen molar-refractivity contribution >= 4 is 23.7 Å². The summed E-state index contributed by atoms with van der Waals surface area (Å²) in [5.74, 6) is 3.53. The van der Waals surface area contributed by atoms with Gasteiger partial charge in [0.15, 0.2) is 0 Å². The molecular formula is C25H38N4O6S. The third-order valence-electron chi connectivity index (χ3n) is 5.32. The second-order valence-corrected chi connectivity index (χ2v) is 9.27. The lowest BCUT2D eigenvalue weighted by molar-refractivity contribution is -0.119. The Hall–Kier alpha value is -2.49. The molecule has 1 heterocycles. The molecule has 2 rings (SSSR count). The average Bonchev–Trinajstić information content (AvgIpc) is 2.89. The molecule has 1 saturated heterocycles. The maximum atomic E-state index is 12.7. The summed E-state index contributed by atoms with van der Waals surface area (Å²) in [5.41, 5.74) is 0.964. The molecule has 3 atom stereocenters. The van der Waals surface area contributed by atoms with E-state index in [0.717, 1.165) is 11.3 Å². The lowest BCUT2D eigenvalue weighted by atomic mass is 10.1. The molecule has 2 unspecified atom stereocenters. The van der Waals surface area contributed by atoms with Gasteiger partial charge in [-0.2, -0.15) is 0 Å². The number of thioether (sulfide) groups is 1. The van der Waals surface area contributed by atoms with Crippen LogP contribution in [0.1, 0.15) is 18.5 Å². The van der Waals surface area contributed by atoms with Crippen LogP contribution in [-0.2, 0) is 19.0 Å². The molecule has 4 N–H and O–H groups in total. The molecule has 0 aliphatic carbocycles. The molecule has 0 bridgehead atoms. The average molecular weight is 523 g/mol. The van der Waals surface area contributed by atoms with Gasteiger partial charge in [-0.15, -0.1) is 18.2 Å². The van der Waals surface area contributed by atoms with Crippen LogP contribution in [0.5, 0.6) is 5.75 Å². The lowest BCUT2D eigenvalue weighted by Gasteiger charge is -2.30. The Labute approximate surface area is 217 Å². The van der Waals surface area contributed by atoms with Crippen LogP contribution < -0.4 is 26.0 Å². The summed E-state index contributed by atoms with van der Waals surface area (Å²) in [6.45, 7) is 6.52. The summed E-state index contributed by atoms with van der Waals surface area (Å²) in [6, 6.07) is 7.19. The number of ether oxygens (including phenoxy) is 4. The summed E-state index contributed by atoms with van der Waals surface area (Å²) in [4.78, 5) is 24.3. The SMILES string of the molecule is C#CCOCCOCCOCCNC[C@@H](NC(=O)CSC1NC(=O)NCC1C)c1ccc(OC)cc1. The molecule has 1 aliphatic rings. The van der Waals surface area contributed by atoms with Gasteiger partial charge in [-0.3, -0.25) is 4.79 Å². The van der Waals surface area contributed by atoms with Crippen molar-refractivity contribution in [2.75, 3.05) is 72.1 Å². The van der Waals surface area contributed by atoms with Crippen molar-refractivity contribution in [2.45, 2.75) is 18.3 Å². The minimum atomic E-state index is -0.226. The van der Waals surface area contributed by atoms with Crippen molar-refractivity contribution in [3.05, 3.63) is 29.8 Å². The van der Waals surface area contributed by atoms with Crippen molar-refractivity contribution in [1.29, 1.82) is 0 Å². The predicted octanol–water partition coefficient (Wildman–Crippen LogP) is 1.13. The van der Waals surface area contributed by atoms with E-state index in [9.17, 15) is 9.59 Å². The largest absolute Gasteiger partial charge is 0.497 e. The first-order valence-corrected chi connectivity index (χ1v) is 13.0. The van der Waals surface area contributed by atoms with Crippen LogP contribution in [0.15, 0.2) is 24.3 Å². The third-order valence-corrected chi connectivity index (χ3v) is 6.69. The number of carbonyl (C=O) groups excluding carboxylic acids is 2. The molecule has 1 fully saturated rings. The van der Waals surface area contributed by atoms with Crippen molar-refractivity contribution < 1.29 is 28.5 Å². The van der Waals surface area contributed by atoms with Crippen LogP contribution in [-0.4, -0.2) is 89.5 Å². The van der Waals surface area contributed by atoms with Crippen LogP contribution in [0.3, 0.4) is 0 Å². The van der Waals surface area contributed by atoms with E-state index in [1.54, 1.807) is 7.11 Å². The fourth-order valence-corrected chi connectivity index (χ4v) is 4.37. The maximum absolute atomic E-state index is 12.7. The van der Waals surface area contributed by atoms with Crippen molar-refractivity contribution in [1.82, 2.24) is 21.3 Å². The number of benzene rings is 1. The van der Waals surface area contributed by atoms with Gasteiger partial charge in [-0.25, -0.2) is 4.79 Å². The molecular weight excluding hydrogens is 484 g/mol. The van der Waals surface area contributed by atoms with Gasteiger partial charge >= 0.3 is 6.03 Å². The highest BCUT2D eigenvalue weighted by atomic mass is 32.2. The molecule has 0 saturated carbocycles. The van der Waals surface area contributed by atoms with Gasteiger partial charge in [0, 0.05) is 25.6 Å². The molecule has 1 aromatic carbocycles. The zero-order chi connectivity index (χ0) is 26.0. The Morgan fingerprint density at radius 3 is 2.56 bits per heavy atom. The maximum Gasteiger partial charge on any atom is 0.315 e. The van der Waals surface area contributed by atoms with Gasteiger partial charge in [0.1, 0.15) is 12.4 Å². The minimum Gasteiger partial charge on any atom is -0.497 e. The summed E-state index contributed by atoms with van der Waals surface area (Å²) in [6.07, 6.45) is 5.10. The number of urea groups is 1. The normalized spacial score (nSPS) is 18.0. The number of rotatable bonds is 18. The summed E-state index contributed by atoms with van der Waals surface area (Å²) in [7, 11) is 1.62. The number of nitrogens with one attached hydrogen (secondary N) is 4. The minimum absolute atomic E-state index is 0.0952. The van der Waals surface area contributed by atoms with E-state index in [2.05, 4.69) is 27.2 Å². The van der Waals surface area contributed by atoms with E-state index < -0.39 is 0 Å².